The van der Waals surface area contributed by atoms with Crippen LogP contribution in [0.1, 0.15) is 200 Å². The minimum absolute atomic E-state index is 0.0158. The standard InChI is InChI=1S/C40H83N2O6P/c1-6-8-10-12-14-16-18-20-22-23-25-27-29-31-33-39(43)38(37-48-49(45,46)47-36-35-42(3,4)5)41-40(44)34-32-30-28-26-24-21-19-17-15-13-11-9-7-2/h38-39,43H,6-37H2,1-5H3,(H-,41,44,45,46). The van der Waals surface area contributed by atoms with Crippen LogP contribution < -0.4 is 10.2 Å². The van der Waals surface area contributed by atoms with Crippen molar-refractivity contribution in [3.63, 3.8) is 0 Å². The summed E-state index contributed by atoms with van der Waals surface area (Å²) < 4.78 is 23.2. The van der Waals surface area contributed by atoms with E-state index in [0.29, 0.717) is 23.9 Å². The molecule has 0 fully saturated rings. The molecule has 294 valence electrons. The monoisotopic (exact) mass is 719 g/mol. The number of hydrogen-bond donors (Lipinski definition) is 2. The van der Waals surface area contributed by atoms with Gasteiger partial charge < -0.3 is 28.8 Å². The Hall–Kier alpha value is -0.500. The van der Waals surface area contributed by atoms with E-state index in [1.54, 1.807) is 0 Å². The fourth-order valence-corrected chi connectivity index (χ4v) is 6.94. The van der Waals surface area contributed by atoms with Crippen LogP contribution in [0.3, 0.4) is 0 Å². The summed E-state index contributed by atoms with van der Waals surface area (Å²) in [5.74, 6) is -0.164. The van der Waals surface area contributed by atoms with Crippen molar-refractivity contribution in [2.24, 2.45) is 0 Å². The highest BCUT2D eigenvalue weighted by atomic mass is 31.2. The number of amides is 1. The molecule has 0 radical (unpaired) electrons. The molecule has 0 spiro atoms. The van der Waals surface area contributed by atoms with E-state index in [1.807, 2.05) is 21.1 Å². The minimum Gasteiger partial charge on any atom is -0.756 e. The van der Waals surface area contributed by atoms with Crippen LogP contribution in [0.5, 0.6) is 0 Å². The Morgan fingerprint density at radius 3 is 1.39 bits per heavy atom. The summed E-state index contributed by atoms with van der Waals surface area (Å²) in [6, 6.07) is -0.791. The van der Waals surface area contributed by atoms with Gasteiger partial charge >= 0.3 is 0 Å². The first kappa shape index (κ1) is 48.5. The quantitative estimate of drug-likeness (QED) is 0.0374. The van der Waals surface area contributed by atoms with E-state index < -0.39 is 20.0 Å². The van der Waals surface area contributed by atoms with E-state index in [-0.39, 0.29) is 19.1 Å². The molecule has 1 amide bonds. The SMILES string of the molecule is CCCCCCCCCCCCCCCCC(O)C(COP(=O)([O-])OCC[N+](C)(C)C)NC(=O)CCCCCCCCCCCCCCC. The number of hydrogen-bond acceptors (Lipinski definition) is 6. The van der Waals surface area contributed by atoms with Gasteiger partial charge in [0, 0.05) is 6.42 Å². The van der Waals surface area contributed by atoms with Crippen LogP contribution in [0, 0.1) is 0 Å². The molecule has 0 saturated carbocycles. The zero-order chi connectivity index (χ0) is 36.5. The van der Waals surface area contributed by atoms with E-state index in [9.17, 15) is 19.4 Å². The first-order valence-electron chi connectivity index (χ1n) is 20.9. The van der Waals surface area contributed by atoms with Crippen LogP contribution >= 0.6 is 7.82 Å². The molecule has 0 aliphatic heterocycles. The lowest BCUT2D eigenvalue weighted by atomic mass is 10.0. The van der Waals surface area contributed by atoms with Gasteiger partial charge in [0.05, 0.1) is 39.9 Å². The molecule has 3 unspecified atom stereocenters. The van der Waals surface area contributed by atoms with Crippen molar-refractivity contribution in [1.82, 2.24) is 5.32 Å². The van der Waals surface area contributed by atoms with Gasteiger partial charge in [-0.1, -0.05) is 181 Å². The zero-order valence-corrected chi connectivity index (χ0v) is 34.1. The van der Waals surface area contributed by atoms with Crippen molar-refractivity contribution in [2.75, 3.05) is 40.9 Å². The lowest BCUT2D eigenvalue weighted by molar-refractivity contribution is -0.870. The van der Waals surface area contributed by atoms with Crippen LogP contribution in [0.25, 0.3) is 0 Å². The second-order valence-electron chi connectivity index (χ2n) is 15.7. The highest BCUT2D eigenvalue weighted by Crippen LogP contribution is 2.38. The lowest BCUT2D eigenvalue weighted by Gasteiger charge is -2.30. The number of carbonyl (C=O) groups excluding carboxylic acids is 1. The van der Waals surface area contributed by atoms with E-state index in [0.717, 1.165) is 38.5 Å². The summed E-state index contributed by atoms with van der Waals surface area (Å²) in [5.41, 5.74) is 0. The summed E-state index contributed by atoms with van der Waals surface area (Å²) in [5, 5.41) is 13.9. The molecule has 0 aromatic heterocycles. The summed E-state index contributed by atoms with van der Waals surface area (Å²) in [6.07, 6.45) is 33.8. The number of phosphoric acid groups is 1. The summed E-state index contributed by atoms with van der Waals surface area (Å²) in [6.45, 7) is 4.72. The van der Waals surface area contributed by atoms with Crippen LogP contribution in [-0.4, -0.2) is 68.5 Å². The van der Waals surface area contributed by atoms with Crippen molar-refractivity contribution < 1.29 is 32.9 Å². The average molecular weight is 719 g/mol. The maximum atomic E-state index is 12.8. The largest absolute Gasteiger partial charge is 0.756 e. The number of rotatable bonds is 38. The van der Waals surface area contributed by atoms with Gasteiger partial charge in [-0.25, -0.2) is 0 Å². The molecule has 2 N–H and O–H groups in total. The van der Waals surface area contributed by atoms with E-state index >= 15 is 0 Å². The molecular formula is C40H83N2O6P. The van der Waals surface area contributed by atoms with Gasteiger partial charge in [0.1, 0.15) is 13.2 Å². The number of carbonyl (C=O) groups is 1. The molecule has 0 aromatic rings. The number of phosphoric ester groups is 1. The number of likely N-dealkylation sites (N-methyl/N-ethyl adjacent to an activating group) is 1. The molecule has 0 bridgehead atoms. The normalized spacial score (nSPS) is 14.5. The Balaban J connectivity index is 4.39. The number of quaternary nitrogens is 1. The third kappa shape index (κ3) is 35.7. The number of aliphatic hydroxyl groups excluding tert-OH is 1. The van der Waals surface area contributed by atoms with Crippen LogP contribution in [-0.2, 0) is 18.4 Å². The Morgan fingerprint density at radius 2 is 1.00 bits per heavy atom. The van der Waals surface area contributed by atoms with Gasteiger partial charge in [-0.15, -0.1) is 0 Å². The summed E-state index contributed by atoms with van der Waals surface area (Å²) in [7, 11) is 1.31. The second-order valence-corrected chi connectivity index (χ2v) is 17.1. The van der Waals surface area contributed by atoms with Gasteiger partial charge in [-0.05, 0) is 12.8 Å². The first-order chi connectivity index (χ1) is 23.5. The first-order valence-corrected chi connectivity index (χ1v) is 22.3. The van der Waals surface area contributed by atoms with E-state index in [4.69, 9.17) is 9.05 Å². The Bertz CT molecular complexity index is 778. The van der Waals surface area contributed by atoms with E-state index in [1.165, 1.54) is 135 Å². The highest BCUT2D eigenvalue weighted by molar-refractivity contribution is 7.45. The molecule has 8 nitrogen and oxygen atoms in total. The average Bonchev–Trinajstić information content (AvgIpc) is 3.04. The van der Waals surface area contributed by atoms with Crippen LogP contribution in [0.4, 0.5) is 0 Å². The molecule has 49 heavy (non-hydrogen) atoms. The van der Waals surface area contributed by atoms with Crippen molar-refractivity contribution in [1.29, 1.82) is 0 Å². The topological polar surface area (TPSA) is 108 Å². The molecule has 0 aliphatic rings. The van der Waals surface area contributed by atoms with Crippen LogP contribution in [0.2, 0.25) is 0 Å². The van der Waals surface area contributed by atoms with Crippen molar-refractivity contribution in [3.05, 3.63) is 0 Å². The van der Waals surface area contributed by atoms with Crippen molar-refractivity contribution >= 4 is 13.7 Å². The maximum Gasteiger partial charge on any atom is 0.268 e. The van der Waals surface area contributed by atoms with Gasteiger partial charge in [-0.2, -0.15) is 0 Å². The molecule has 0 aromatic carbocycles. The third-order valence-corrected chi connectivity index (χ3v) is 10.6. The molecule has 0 rings (SSSR count). The predicted molar refractivity (Wildman–Crippen MR) is 206 cm³/mol. The third-order valence-electron chi connectivity index (χ3n) is 9.60. The Morgan fingerprint density at radius 1 is 0.633 bits per heavy atom. The highest BCUT2D eigenvalue weighted by Gasteiger charge is 2.24. The second kappa shape index (κ2) is 33.3. The number of aliphatic hydroxyl groups is 1. The molecule has 0 heterocycles. The molecular weight excluding hydrogens is 635 g/mol. The zero-order valence-electron chi connectivity index (χ0n) is 33.2. The van der Waals surface area contributed by atoms with Gasteiger partial charge in [0.2, 0.25) is 5.91 Å². The van der Waals surface area contributed by atoms with Gasteiger partial charge in [0.25, 0.3) is 7.82 Å². The van der Waals surface area contributed by atoms with Crippen LogP contribution in [0.15, 0.2) is 0 Å². The predicted octanol–water partition coefficient (Wildman–Crippen LogP) is 10.4. The molecule has 3 atom stereocenters. The Labute approximate surface area is 304 Å². The molecule has 0 saturated heterocycles. The van der Waals surface area contributed by atoms with Crippen molar-refractivity contribution in [3.8, 4) is 0 Å². The maximum absolute atomic E-state index is 12.8. The number of nitrogens with one attached hydrogen (secondary N) is 1. The number of unbranched alkanes of at least 4 members (excludes halogenated alkanes) is 25. The Kier molecular flexibility index (Phi) is 33.0. The molecule has 0 aliphatic carbocycles. The molecule has 9 heteroatoms. The van der Waals surface area contributed by atoms with Crippen molar-refractivity contribution in [2.45, 2.75) is 212 Å². The van der Waals surface area contributed by atoms with Gasteiger partial charge in [0.15, 0.2) is 0 Å². The summed E-state index contributed by atoms with van der Waals surface area (Å²) >= 11 is 0. The smallest absolute Gasteiger partial charge is 0.268 e. The van der Waals surface area contributed by atoms with Gasteiger partial charge in [-0.3, -0.25) is 9.36 Å². The minimum atomic E-state index is -4.55. The fourth-order valence-electron chi connectivity index (χ4n) is 6.22. The number of nitrogens with zero attached hydrogens (tertiary/aromatic N) is 1. The fraction of sp³-hybridized carbons (Fsp3) is 0.975. The summed E-state index contributed by atoms with van der Waals surface area (Å²) in [4.78, 5) is 25.2. The lowest BCUT2D eigenvalue weighted by Crippen LogP contribution is -2.46. The van der Waals surface area contributed by atoms with E-state index in [2.05, 4.69) is 19.2 Å².